The molecule has 0 N–H and O–H groups in total. The van der Waals surface area contributed by atoms with Gasteiger partial charge < -0.3 is 9.36 Å². The summed E-state index contributed by atoms with van der Waals surface area (Å²) in [6, 6.07) is 3.87. The van der Waals surface area contributed by atoms with Crippen LogP contribution in [0.3, 0.4) is 0 Å². The number of halogens is 1. The van der Waals surface area contributed by atoms with Crippen LogP contribution in [0.15, 0.2) is 27.9 Å². The first-order valence-corrected chi connectivity index (χ1v) is 9.79. The van der Waals surface area contributed by atoms with E-state index in [1.165, 1.54) is 18.2 Å². The average Bonchev–Trinajstić information content (AvgIpc) is 3.14. The molecule has 6 nitrogen and oxygen atoms in total. The van der Waals surface area contributed by atoms with Crippen molar-refractivity contribution in [2.75, 3.05) is 0 Å². The fourth-order valence-corrected chi connectivity index (χ4v) is 4.51. The van der Waals surface area contributed by atoms with Gasteiger partial charge in [-0.1, -0.05) is 17.2 Å². The predicted octanol–water partition coefficient (Wildman–Crippen LogP) is 3.74. The summed E-state index contributed by atoms with van der Waals surface area (Å²) in [6.45, 7) is 5.40. The topological polar surface area (TPSA) is 81.8 Å². The Morgan fingerprint density at radius 3 is 2.77 bits per heavy atom. The highest BCUT2D eigenvalue weighted by molar-refractivity contribution is 8.06. The second-order valence-electron chi connectivity index (χ2n) is 6.67. The van der Waals surface area contributed by atoms with E-state index in [0.717, 1.165) is 0 Å². The first kappa shape index (κ1) is 18.4. The molecule has 0 amide bonds. The molecular weight excluding hydrogens is 359 g/mol. The second-order valence-corrected chi connectivity index (χ2v) is 8.80. The highest BCUT2D eigenvalue weighted by Crippen LogP contribution is 2.36. The molecule has 8 heteroatoms. The molecule has 0 saturated carbocycles. The molecule has 2 heterocycles. The molecule has 1 aromatic carbocycles. The number of nitrogens with zero attached hydrogens (tertiary/aromatic N) is 2. The van der Waals surface area contributed by atoms with Crippen LogP contribution < -0.4 is 0 Å². The van der Waals surface area contributed by atoms with Crippen molar-refractivity contribution in [3.05, 3.63) is 29.7 Å². The van der Waals surface area contributed by atoms with Crippen LogP contribution >= 0.6 is 0 Å². The van der Waals surface area contributed by atoms with Gasteiger partial charge in [-0.2, -0.15) is 0 Å². The summed E-state index contributed by atoms with van der Waals surface area (Å²) in [5.41, 5.74) is -0.289. The Morgan fingerprint density at radius 2 is 2.12 bits per heavy atom. The maximum Gasteiger partial charge on any atom is 0.204 e. The fourth-order valence-electron chi connectivity index (χ4n) is 2.73. The number of rotatable bonds is 3. The molecule has 0 fully saturated rings. The summed E-state index contributed by atoms with van der Waals surface area (Å²) < 4.78 is 44.9. The van der Waals surface area contributed by atoms with Crippen LogP contribution in [0, 0.1) is 17.7 Å². The van der Waals surface area contributed by atoms with Gasteiger partial charge in [0.1, 0.15) is 22.4 Å². The van der Waals surface area contributed by atoms with Crippen LogP contribution in [-0.4, -0.2) is 24.2 Å². The molecule has 2 aromatic rings. The molecule has 138 valence electrons. The van der Waals surface area contributed by atoms with Crippen molar-refractivity contribution in [2.45, 2.75) is 50.9 Å². The third-order valence-electron chi connectivity index (χ3n) is 4.03. The van der Waals surface area contributed by atoms with Gasteiger partial charge in [-0.25, -0.2) is 12.8 Å². The highest BCUT2D eigenvalue weighted by atomic mass is 32.2. The summed E-state index contributed by atoms with van der Waals surface area (Å²) in [6.07, 6.45) is 0.806. The lowest BCUT2D eigenvalue weighted by molar-refractivity contribution is 0.0123. The Hall–Kier alpha value is -2.40. The Morgan fingerprint density at radius 1 is 1.35 bits per heavy atom. The third kappa shape index (κ3) is 3.44. The molecule has 3 rings (SSSR count). The van der Waals surface area contributed by atoms with E-state index in [1.807, 2.05) is 6.92 Å². The molecule has 0 spiro atoms. The van der Waals surface area contributed by atoms with Gasteiger partial charge in [0.25, 0.3) is 0 Å². The van der Waals surface area contributed by atoms with Crippen LogP contribution in [0.4, 0.5) is 4.39 Å². The molecule has 1 aliphatic rings. The maximum absolute atomic E-state index is 13.4. The van der Waals surface area contributed by atoms with E-state index in [9.17, 15) is 12.8 Å². The van der Waals surface area contributed by atoms with Gasteiger partial charge in [-0.3, -0.25) is 0 Å². The molecule has 1 unspecified atom stereocenters. The van der Waals surface area contributed by atoms with Crippen LogP contribution in [0.5, 0.6) is 0 Å². The Labute approximate surface area is 151 Å². The summed E-state index contributed by atoms with van der Waals surface area (Å²) in [5.74, 6) is 5.26. The van der Waals surface area contributed by atoms with Crippen molar-refractivity contribution < 1.29 is 22.2 Å². The van der Waals surface area contributed by atoms with Crippen molar-refractivity contribution in [1.29, 1.82) is 0 Å². The summed E-state index contributed by atoms with van der Waals surface area (Å²) in [5, 5.41) is 7.02. The lowest BCUT2D eigenvalue weighted by Crippen LogP contribution is -2.26. The second kappa shape index (κ2) is 6.72. The number of aromatic nitrogens is 1. The van der Waals surface area contributed by atoms with E-state index in [2.05, 4.69) is 22.2 Å². The summed E-state index contributed by atoms with van der Waals surface area (Å²) in [7, 11) is -3.87. The van der Waals surface area contributed by atoms with E-state index in [1.54, 1.807) is 13.8 Å². The quantitative estimate of drug-likeness (QED) is 0.760. The van der Waals surface area contributed by atoms with Gasteiger partial charge in [0.05, 0.1) is 0 Å². The number of oxime groups is 1. The van der Waals surface area contributed by atoms with Crippen LogP contribution in [0.2, 0.25) is 0 Å². The van der Waals surface area contributed by atoms with E-state index in [-0.39, 0.29) is 29.2 Å². The lowest BCUT2D eigenvalue weighted by Gasteiger charge is -2.15. The SMILES string of the molecule is CCC#CCC(c1noc2cc(F)ccc12)S(=O)(=O)C1=NOC(C)(C)C1. The molecule has 1 aliphatic heterocycles. The standard InChI is InChI=1S/C18H19FN2O4S/c1-4-5-6-7-15(26(22,23)16-11-18(2,3)25-20-16)17-13-9-8-12(19)10-14(13)24-21-17/h8-10,15H,4,7,11H2,1-3H3. The average molecular weight is 378 g/mol. The summed E-state index contributed by atoms with van der Waals surface area (Å²) >= 11 is 0. The van der Waals surface area contributed by atoms with Crippen molar-refractivity contribution in [1.82, 2.24) is 5.16 Å². The zero-order chi connectivity index (χ0) is 18.9. The molecule has 1 aromatic heterocycles. The first-order chi connectivity index (χ1) is 12.2. The number of hydrogen-bond donors (Lipinski definition) is 0. The molecule has 0 saturated heterocycles. The monoisotopic (exact) mass is 378 g/mol. The first-order valence-electron chi connectivity index (χ1n) is 8.24. The third-order valence-corrected chi connectivity index (χ3v) is 6.05. The number of fused-ring (bicyclic) bond motifs is 1. The highest BCUT2D eigenvalue weighted by Gasteiger charge is 2.42. The zero-order valence-electron chi connectivity index (χ0n) is 14.7. The van der Waals surface area contributed by atoms with E-state index >= 15 is 0 Å². The zero-order valence-corrected chi connectivity index (χ0v) is 15.6. The van der Waals surface area contributed by atoms with Crippen molar-refractivity contribution in [3.8, 4) is 11.8 Å². The van der Waals surface area contributed by atoms with Crippen molar-refractivity contribution >= 4 is 25.9 Å². The van der Waals surface area contributed by atoms with Gasteiger partial charge in [-0.05, 0) is 26.0 Å². The molecule has 0 radical (unpaired) electrons. The Balaban J connectivity index is 2.08. The predicted molar refractivity (Wildman–Crippen MR) is 95.5 cm³/mol. The smallest absolute Gasteiger partial charge is 0.204 e. The minimum Gasteiger partial charge on any atom is -0.389 e. The normalized spacial score (nSPS) is 17.3. The van der Waals surface area contributed by atoms with Crippen LogP contribution in [-0.2, 0) is 14.7 Å². The number of hydrogen-bond acceptors (Lipinski definition) is 6. The van der Waals surface area contributed by atoms with E-state index < -0.39 is 26.5 Å². The molecule has 0 aliphatic carbocycles. The van der Waals surface area contributed by atoms with E-state index in [4.69, 9.17) is 9.36 Å². The minimum atomic E-state index is -3.87. The Kier molecular flexibility index (Phi) is 4.76. The molecule has 0 bridgehead atoms. The number of sulfone groups is 1. The number of benzene rings is 1. The van der Waals surface area contributed by atoms with Gasteiger partial charge in [0.15, 0.2) is 10.6 Å². The fraction of sp³-hybridized carbons (Fsp3) is 0.444. The molecule has 26 heavy (non-hydrogen) atoms. The summed E-state index contributed by atoms with van der Waals surface area (Å²) in [4.78, 5) is 5.21. The van der Waals surface area contributed by atoms with Crippen molar-refractivity contribution in [3.63, 3.8) is 0 Å². The van der Waals surface area contributed by atoms with Gasteiger partial charge >= 0.3 is 0 Å². The Bertz CT molecular complexity index is 1030. The van der Waals surface area contributed by atoms with Gasteiger partial charge in [0.2, 0.25) is 9.84 Å². The van der Waals surface area contributed by atoms with E-state index in [0.29, 0.717) is 11.8 Å². The lowest BCUT2D eigenvalue weighted by atomic mass is 10.1. The van der Waals surface area contributed by atoms with Crippen LogP contribution in [0.1, 0.15) is 51.0 Å². The van der Waals surface area contributed by atoms with Gasteiger partial charge in [-0.15, -0.1) is 11.8 Å². The van der Waals surface area contributed by atoms with Crippen LogP contribution in [0.25, 0.3) is 11.0 Å². The van der Waals surface area contributed by atoms with Gasteiger partial charge in [0, 0.05) is 30.7 Å². The molecular formula is C18H19FN2O4S. The minimum absolute atomic E-state index is 0.0363. The molecule has 1 atom stereocenters. The maximum atomic E-state index is 13.4. The largest absolute Gasteiger partial charge is 0.389 e. The van der Waals surface area contributed by atoms with Crippen molar-refractivity contribution in [2.24, 2.45) is 5.16 Å².